The maximum absolute atomic E-state index is 11.1. The quantitative estimate of drug-likeness (QED) is 0.886. The van der Waals surface area contributed by atoms with Crippen LogP contribution in [-0.4, -0.2) is 30.1 Å². The minimum Gasteiger partial charge on any atom is -0.481 e. The van der Waals surface area contributed by atoms with Crippen LogP contribution in [0.1, 0.15) is 42.5 Å². The van der Waals surface area contributed by atoms with E-state index in [1.54, 1.807) is 6.92 Å². The Labute approximate surface area is 115 Å². The first kappa shape index (κ1) is 14.1. The monoisotopic (exact) mass is 261 g/mol. The fraction of sp³-hybridized carbons (Fsp3) is 0.562. The molecule has 1 N–H and O–H groups in total. The highest BCUT2D eigenvalue weighted by atomic mass is 16.4. The summed E-state index contributed by atoms with van der Waals surface area (Å²) < 4.78 is 0. The molecule has 0 radical (unpaired) electrons. The molecular weight excluding hydrogens is 238 g/mol. The molecule has 3 nitrogen and oxygen atoms in total. The molecule has 0 saturated carbocycles. The van der Waals surface area contributed by atoms with Crippen LogP contribution in [0.4, 0.5) is 0 Å². The number of benzene rings is 1. The van der Waals surface area contributed by atoms with Gasteiger partial charge >= 0.3 is 5.97 Å². The van der Waals surface area contributed by atoms with Gasteiger partial charge in [0.25, 0.3) is 0 Å². The molecule has 0 aromatic heterocycles. The Morgan fingerprint density at radius 3 is 2.63 bits per heavy atom. The summed E-state index contributed by atoms with van der Waals surface area (Å²) in [4.78, 5) is 13.2. The van der Waals surface area contributed by atoms with Crippen molar-refractivity contribution >= 4 is 5.97 Å². The Morgan fingerprint density at radius 2 is 2.00 bits per heavy atom. The van der Waals surface area contributed by atoms with Gasteiger partial charge in [-0.2, -0.15) is 0 Å². The largest absolute Gasteiger partial charge is 0.481 e. The lowest BCUT2D eigenvalue weighted by atomic mass is 9.93. The number of nitrogens with zero attached hydrogens (tertiary/aromatic N) is 1. The predicted octanol–water partition coefficient (Wildman–Crippen LogP) is 2.89. The Kier molecular flexibility index (Phi) is 4.25. The molecule has 1 aliphatic carbocycles. The SMILES string of the molecule is CC(CC(c1ccc2c(c1)CCC2)N(C)C)C(=O)O. The first-order chi connectivity index (χ1) is 8.99. The highest BCUT2D eigenvalue weighted by molar-refractivity contribution is 5.69. The summed E-state index contributed by atoms with van der Waals surface area (Å²) in [6, 6.07) is 6.85. The second-order valence-electron chi connectivity index (χ2n) is 5.84. The molecule has 0 amide bonds. The molecule has 1 aromatic carbocycles. The van der Waals surface area contributed by atoms with Crippen LogP contribution in [0, 0.1) is 5.92 Å². The van der Waals surface area contributed by atoms with E-state index in [0.29, 0.717) is 6.42 Å². The third-order valence-corrected chi connectivity index (χ3v) is 4.13. The first-order valence-corrected chi connectivity index (χ1v) is 7.00. The molecule has 0 aliphatic heterocycles. The summed E-state index contributed by atoms with van der Waals surface area (Å²) in [6.45, 7) is 1.78. The fourth-order valence-electron chi connectivity index (χ4n) is 2.88. The Bertz CT molecular complexity index is 468. The van der Waals surface area contributed by atoms with Gasteiger partial charge < -0.3 is 10.0 Å². The van der Waals surface area contributed by atoms with Crippen molar-refractivity contribution in [1.82, 2.24) is 4.90 Å². The highest BCUT2D eigenvalue weighted by Gasteiger charge is 2.22. The standard InChI is InChI=1S/C16H23NO2/c1-11(16(18)19)9-15(17(2)3)14-8-7-12-5-4-6-13(12)10-14/h7-8,10-11,15H,4-6,9H2,1-3H3,(H,18,19). The number of hydrogen-bond donors (Lipinski definition) is 1. The molecule has 0 spiro atoms. The average Bonchev–Trinajstić information content (AvgIpc) is 2.81. The summed E-state index contributed by atoms with van der Waals surface area (Å²) in [5, 5.41) is 9.10. The van der Waals surface area contributed by atoms with Crippen molar-refractivity contribution in [3.05, 3.63) is 34.9 Å². The number of rotatable bonds is 5. The Hall–Kier alpha value is -1.35. The van der Waals surface area contributed by atoms with Crippen LogP contribution in [0.3, 0.4) is 0 Å². The van der Waals surface area contributed by atoms with Gasteiger partial charge in [-0.1, -0.05) is 25.1 Å². The van der Waals surface area contributed by atoms with Crippen LogP contribution in [-0.2, 0) is 17.6 Å². The van der Waals surface area contributed by atoms with Gasteiger partial charge in [-0.25, -0.2) is 0 Å². The molecule has 2 rings (SSSR count). The lowest BCUT2D eigenvalue weighted by molar-refractivity contribution is -0.141. The number of fused-ring (bicyclic) bond motifs is 1. The maximum atomic E-state index is 11.1. The van der Waals surface area contributed by atoms with E-state index in [1.807, 2.05) is 14.1 Å². The highest BCUT2D eigenvalue weighted by Crippen LogP contribution is 2.30. The van der Waals surface area contributed by atoms with Crippen LogP contribution in [0.2, 0.25) is 0 Å². The lowest BCUT2D eigenvalue weighted by Gasteiger charge is -2.27. The van der Waals surface area contributed by atoms with Gasteiger partial charge in [0.2, 0.25) is 0 Å². The second kappa shape index (κ2) is 5.74. The van der Waals surface area contributed by atoms with Crippen LogP contribution in [0.25, 0.3) is 0 Å². The summed E-state index contributed by atoms with van der Waals surface area (Å²) in [5.74, 6) is -1.03. The molecule has 3 heteroatoms. The smallest absolute Gasteiger partial charge is 0.306 e. The number of aryl methyl sites for hydroxylation is 2. The van der Waals surface area contributed by atoms with Gasteiger partial charge in [0.1, 0.15) is 0 Å². The van der Waals surface area contributed by atoms with Gasteiger partial charge in [-0.05, 0) is 56.5 Å². The molecular formula is C16H23NO2. The van der Waals surface area contributed by atoms with Gasteiger partial charge in [0, 0.05) is 6.04 Å². The molecule has 19 heavy (non-hydrogen) atoms. The number of carboxylic acids is 1. The van der Waals surface area contributed by atoms with Crippen LogP contribution < -0.4 is 0 Å². The summed E-state index contributed by atoms with van der Waals surface area (Å²) in [5.41, 5.74) is 4.17. The van der Waals surface area contributed by atoms with Crippen molar-refractivity contribution in [2.45, 2.75) is 38.6 Å². The van der Waals surface area contributed by atoms with Crippen LogP contribution in [0.5, 0.6) is 0 Å². The molecule has 1 aliphatic rings. The summed E-state index contributed by atoms with van der Waals surface area (Å²) >= 11 is 0. The zero-order chi connectivity index (χ0) is 14.0. The van der Waals surface area contributed by atoms with E-state index < -0.39 is 5.97 Å². The molecule has 0 heterocycles. The minimum absolute atomic E-state index is 0.178. The van der Waals surface area contributed by atoms with Gasteiger partial charge in [0.15, 0.2) is 0 Å². The fourth-order valence-corrected chi connectivity index (χ4v) is 2.88. The van der Waals surface area contributed by atoms with Gasteiger partial charge in [0.05, 0.1) is 5.92 Å². The normalized spacial score (nSPS) is 17.3. The molecule has 1 aromatic rings. The number of aliphatic carboxylic acids is 1. The van der Waals surface area contributed by atoms with Crippen molar-refractivity contribution in [3.63, 3.8) is 0 Å². The van der Waals surface area contributed by atoms with Crippen molar-refractivity contribution in [2.75, 3.05) is 14.1 Å². The van der Waals surface area contributed by atoms with Crippen molar-refractivity contribution in [1.29, 1.82) is 0 Å². The average molecular weight is 261 g/mol. The van der Waals surface area contributed by atoms with E-state index in [9.17, 15) is 4.79 Å². The molecule has 104 valence electrons. The molecule has 2 unspecified atom stereocenters. The Balaban J connectivity index is 2.21. The summed E-state index contributed by atoms with van der Waals surface area (Å²) in [7, 11) is 4.04. The third-order valence-electron chi connectivity index (χ3n) is 4.13. The maximum Gasteiger partial charge on any atom is 0.306 e. The van der Waals surface area contributed by atoms with Gasteiger partial charge in [-0.15, -0.1) is 0 Å². The minimum atomic E-state index is -0.715. The van der Waals surface area contributed by atoms with Crippen LogP contribution in [0.15, 0.2) is 18.2 Å². The second-order valence-corrected chi connectivity index (χ2v) is 5.84. The molecule has 2 atom stereocenters. The number of hydrogen-bond acceptors (Lipinski definition) is 2. The zero-order valence-corrected chi connectivity index (χ0v) is 12.0. The summed E-state index contributed by atoms with van der Waals surface area (Å²) in [6.07, 6.45) is 4.25. The first-order valence-electron chi connectivity index (χ1n) is 7.00. The van der Waals surface area contributed by atoms with E-state index in [0.717, 1.165) is 6.42 Å². The zero-order valence-electron chi connectivity index (χ0n) is 12.0. The van der Waals surface area contributed by atoms with E-state index in [-0.39, 0.29) is 12.0 Å². The van der Waals surface area contributed by atoms with Crippen LogP contribution >= 0.6 is 0 Å². The van der Waals surface area contributed by atoms with Gasteiger partial charge in [-0.3, -0.25) is 4.79 Å². The Morgan fingerprint density at radius 1 is 1.32 bits per heavy atom. The van der Waals surface area contributed by atoms with E-state index in [1.165, 1.54) is 29.5 Å². The van der Waals surface area contributed by atoms with E-state index >= 15 is 0 Å². The molecule has 0 bridgehead atoms. The van der Waals surface area contributed by atoms with Crippen molar-refractivity contribution < 1.29 is 9.90 Å². The lowest BCUT2D eigenvalue weighted by Crippen LogP contribution is -2.24. The topological polar surface area (TPSA) is 40.5 Å². The van der Waals surface area contributed by atoms with E-state index in [2.05, 4.69) is 23.1 Å². The molecule has 0 saturated heterocycles. The number of carbonyl (C=O) groups is 1. The van der Waals surface area contributed by atoms with Crippen molar-refractivity contribution in [2.24, 2.45) is 5.92 Å². The number of carboxylic acid groups (broad SMARTS) is 1. The van der Waals surface area contributed by atoms with Crippen molar-refractivity contribution in [3.8, 4) is 0 Å². The third kappa shape index (κ3) is 3.16. The molecule has 0 fully saturated rings. The predicted molar refractivity (Wildman–Crippen MR) is 76.3 cm³/mol. The van der Waals surface area contributed by atoms with E-state index in [4.69, 9.17) is 5.11 Å².